The monoisotopic (exact) mass is 239 g/mol. The summed E-state index contributed by atoms with van der Waals surface area (Å²) < 4.78 is 5.39. The number of benzene rings is 1. The van der Waals surface area contributed by atoms with E-state index in [-0.39, 0.29) is 0 Å². The molecule has 1 aliphatic rings. The molecule has 0 bridgehead atoms. The molecule has 0 saturated heterocycles. The number of hydrogen-bond donors (Lipinski definition) is 1. The third-order valence-corrected chi connectivity index (χ3v) is 3.58. The molecule has 2 atom stereocenters. The van der Waals surface area contributed by atoms with Gasteiger partial charge in [-0.2, -0.15) is 0 Å². The van der Waals surface area contributed by atoms with Gasteiger partial charge in [-0.1, -0.05) is 18.0 Å². The molecule has 1 aromatic rings. The lowest BCUT2D eigenvalue weighted by Crippen LogP contribution is -2.27. The molecule has 1 saturated carbocycles. The van der Waals surface area contributed by atoms with Crippen molar-refractivity contribution >= 4 is 11.6 Å². The van der Waals surface area contributed by atoms with Crippen LogP contribution in [0.4, 0.5) is 0 Å². The average molecular weight is 240 g/mol. The zero-order chi connectivity index (χ0) is 11.5. The van der Waals surface area contributed by atoms with Crippen molar-refractivity contribution in [3.63, 3.8) is 0 Å². The molecule has 0 amide bonds. The summed E-state index contributed by atoms with van der Waals surface area (Å²) in [5, 5.41) is 0.773. The summed E-state index contributed by atoms with van der Waals surface area (Å²) in [6, 6.07) is 6.15. The molecule has 2 nitrogen and oxygen atoms in total. The zero-order valence-corrected chi connectivity index (χ0v) is 10.3. The highest BCUT2D eigenvalue weighted by Crippen LogP contribution is 2.38. The van der Waals surface area contributed by atoms with Gasteiger partial charge in [0.2, 0.25) is 0 Å². The van der Waals surface area contributed by atoms with E-state index < -0.39 is 0 Å². The first kappa shape index (κ1) is 11.7. The molecule has 2 N–H and O–H groups in total. The maximum absolute atomic E-state index is 6.04. The van der Waals surface area contributed by atoms with Gasteiger partial charge in [-0.05, 0) is 48.9 Å². The van der Waals surface area contributed by atoms with Crippen LogP contribution in [0.2, 0.25) is 5.02 Å². The largest absolute Gasteiger partial charge is 0.496 e. The summed E-state index contributed by atoms with van der Waals surface area (Å²) in [6.45, 7) is 0. The second-order valence-corrected chi connectivity index (χ2v) is 4.95. The SMILES string of the molecule is COc1ccc(Cl)cc1C1CCCC(N)C1. The summed E-state index contributed by atoms with van der Waals surface area (Å²) in [5.74, 6) is 1.43. The molecule has 0 heterocycles. The third-order valence-electron chi connectivity index (χ3n) is 3.35. The third kappa shape index (κ3) is 2.50. The predicted molar refractivity (Wildman–Crippen MR) is 67.2 cm³/mol. The van der Waals surface area contributed by atoms with Crippen LogP contribution in [0.3, 0.4) is 0 Å². The molecule has 2 rings (SSSR count). The number of hydrogen-bond acceptors (Lipinski definition) is 2. The summed E-state index contributed by atoms with van der Waals surface area (Å²) >= 11 is 6.04. The van der Waals surface area contributed by atoms with E-state index in [1.807, 2.05) is 18.2 Å². The first-order chi connectivity index (χ1) is 7.70. The standard InChI is InChI=1S/C13H18ClNO/c1-16-13-6-5-10(14)8-12(13)9-3-2-4-11(15)7-9/h5-6,8-9,11H,2-4,7,15H2,1H3. The Balaban J connectivity index is 2.26. The molecule has 0 spiro atoms. The van der Waals surface area contributed by atoms with Gasteiger partial charge in [0.25, 0.3) is 0 Å². The first-order valence-corrected chi connectivity index (χ1v) is 6.17. The normalized spacial score (nSPS) is 25.4. The van der Waals surface area contributed by atoms with Crippen LogP contribution < -0.4 is 10.5 Å². The Kier molecular flexibility index (Phi) is 3.72. The van der Waals surface area contributed by atoms with Crippen LogP contribution in [0.5, 0.6) is 5.75 Å². The van der Waals surface area contributed by atoms with Crippen molar-refractivity contribution in [1.29, 1.82) is 0 Å². The van der Waals surface area contributed by atoms with Crippen molar-refractivity contribution < 1.29 is 4.74 Å². The predicted octanol–water partition coefficient (Wildman–Crippen LogP) is 3.33. The number of rotatable bonds is 2. The Hall–Kier alpha value is -0.730. The maximum atomic E-state index is 6.04. The second-order valence-electron chi connectivity index (χ2n) is 4.51. The highest BCUT2D eigenvalue weighted by molar-refractivity contribution is 6.30. The Morgan fingerprint density at radius 2 is 2.19 bits per heavy atom. The fraction of sp³-hybridized carbons (Fsp3) is 0.538. The van der Waals surface area contributed by atoms with E-state index in [9.17, 15) is 0 Å². The summed E-state index contributed by atoms with van der Waals surface area (Å²) in [5.41, 5.74) is 7.23. The van der Waals surface area contributed by atoms with Gasteiger partial charge in [-0.3, -0.25) is 0 Å². The van der Waals surface area contributed by atoms with Crippen molar-refractivity contribution in [3.05, 3.63) is 28.8 Å². The van der Waals surface area contributed by atoms with Crippen LogP contribution in [0.15, 0.2) is 18.2 Å². The molecule has 2 unspecified atom stereocenters. The molecule has 1 fully saturated rings. The second kappa shape index (κ2) is 5.07. The number of methoxy groups -OCH3 is 1. The number of nitrogens with two attached hydrogens (primary N) is 1. The van der Waals surface area contributed by atoms with Crippen LogP contribution >= 0.6 is 11.6 Å². The fourth-order valence-electron chi connectivity index (χ4n) is 2.53. The Bertz CT molecular complexity index is 367. The molecule has 3 heteroatoms. The maximum Gasteiger partial charge on any atom is 0.122 e. The van der Waals surface area contributed by atoms with Gasteiger partial charge in [-0.15, -0.1) is 0 Å². The van der Waals surface area contributed by atoms with Gasteiger partial charge in [0, 0.05) is 11.1 Å². The van der Waals surface area contributed by atoms with Crippen molar-refractivity contribution in [2.45, 2.75) is 37.6 Å². The number of halogens is 1. The average Bonchev–Trinajstić information content (AvgIpc) is 2.29. The van der Waals surface area contributed by atoms with Gasteiger partial charge in [-0.25, -0.2) is 0 Å². The van der Waals surface area contributed by atoms with Crippen molar-refractivity contribution in [3.8, 4) is 5.75 Å². The van der Waals surface area contributed by atoms with Crippen molar-refractivity contribution in [2.75, 3.05) is 7.11 Å². The summed E-state index contributed by atoms with van der Waals surface area (Å²) in [7, 11) is 1.70. The molecule has 1 aromatic carbocycles. The fourth-order valence-corrected chi connectivity index (χ4v) is 2.71. The van der Waals surface area contributed by atoms with E-state index in [0.717, 1.165) is 23.6 Å². The van der Waals surface area contributed by atoms with E-state index in [1.54, 1.807) is 7.11 Å². The van der Waals surface area contributed by atoms with Crippen LogP contribution in [0.1, 0.15) is 37.2 Å². The van der Waals surface area contributed by atoms with Crippen LogP contribution in [-0.2, 0) is 0 Å². The van der Waals surface area contributed by atoms with E-state index in [0.29, 0.717) is 12.0 Å². The van der Waals surface area contributed by atoms with Crippen molar-refractivity contribution in [1.82, 2.24) is 0 Å². The minimum Gasteiger partial charge on any atom is -0.496 e. The lowest BCUT2D eigenvalue weighted by molar-refractivity contribution is 0.367. The minimum absolute atomic E-state index is 0.322. The topological polar surface area (TPSA) is 35.2 Å². The summed E-state index contributed by atoms with van der Waals surface area (Å²) in [4.78, 5) is 0. The Morgan fingerprint density at radius 3 is 2.88 bits per heavy atom. The van der Waals surface area contributed by atoms with Gasteiger partial charge in [0.05, 0.1) is 7.11 Å². The van der Waals surface area contributed by atoms with Crippen molar-refractivity contribution in [2.24, 2.45) is 5.73 Å². The molecule has 16 heavy (non-hydrogen) atoms. The van der Waals surface area contributed by atoms with E-state index >= 15 is 0 Å². The molecule has 0 aliphatic heterocycles. The van der Waals surface area contributed by atoms with E-state index in [1.165, 1.54) is 18.4 Å². The lowest BCUT2D eigenvalue weighted by atomic mass is 9.81. The molecule has 88 valence electrons. The number of ether oxygens (including phenoxy) is 1. The Morgan fingerprint density at radius 1 is 1.38 bits per heavy atom. The lowest BCUT2D eigenvalue weighted by Gasteiger charge is -2.28. The first-order valence-electron chi connectivity index (χ1n) is 5.79. The molecule has 1 aliphatic carbocycles. The van der Waals surface area contributed by atoms with Crippen LogP contribution in [-0.4, -0.2) is 13.2 Å². The molecular formula is C13H18ClNO. The molecule has 0 aromatic heterocycles. The van der Waals surface area contributed by atoms with Gasteiger partial charge in [0.15, 0.2) is 0 Å². The van der Waals surface area contributed by atoms with Gasteiger partial charge >= 0.3 is 0 Å². The van der Waals surface area contributed by atoms with Gasteiger partial charge < -0.3 is 10.5 Å². The van der Waals surface area contributed by atoms with E-state index in [4.69, 9.17) is 22.1 Å². The smallest absolute Gasteiger partial charge is 0.122 e. The molecular weight excluding hydrogens is 222 g/mol. The van der Waals surface area contributed by atoms with Gasteiger partial charge in [0.1, 0.15) is 5.75 Å². The van der Waals surface area contributed by atoms with Crippen LogP contribution in [0.25, 0.3) is 0 Å². The minimum atomic E-state index is 0.322. The Labute approximate surface area is 102 Å². The zero-order valence-electron chi connectivity index (χ0n) is 9.58. The molecule has 0 radical (unpaired) electrons. The highest BCUT2D eigenvalue weighted by Gasteiger charge is 2.23. The summed E-state index contributed by atoms with van der Waals surface area (Å²) in [6.07, 6.45) is 4.56. The highest BCUT2D eigenvalue weighted by atomic mass is 35.5. The van der Waals surface area contributed by atoms with Crippen LogP contribution in [0, 0.1) is 0 Å². The quantitative estimate of drug-likeness (QED) is 0.859. The van der Waals surface area contributed by atoms with E-state index in [2.05, 4.69) is 0 Å².